The highest BCUT2D eigenvalue weighted by Gasteiger charge is 2.29. The fourth-order valence-electron chi connectivity index (χ4n) is 4.47. The number of likely N-dealkylation sites (tertiary alicyclic amines) is 1. The highest BCUT2D eigenvalue weighted by Crippen LogP contribution is 2.25. The summed E-state index contributed by atoms with van der Waals surface area (Å²) in [5.74, 6) is 3.35. The van der Waals surface area contributed by atoms with Crippen molar-refractivity contribution in [2.45, 2.75) is 64.8 Å². The molecule has 3 aliphatic rings. The fourth-order valence-corrected chi connectivity index (χ4v) is 6.32. The molecule has 2 heterocycles. The molecule has 0 bridgehead atoms. The van der Waals surface area contributed by atoms with E-state index in [1.54, 1.807) is 0 Å². The van der Waals surface area contributed by atoms with Gasteiger partial charge in [0.1, 0.15) is 0 Å². The first-order chi connectivity index (χ1) is 11.9. The lowest BCUT2D eigenvalue weighted by molar-refractivity contribution is 0.205. The SMILES string of the molecule is CC(C)C1CCCN(C(=NCC2CCS(=O)(=O)C2)NC2CCCC2)C1. The molecular weight excluding hydrogens is 334 g/mol. The first kappa shape index (κ1) is 19.0. The molecule has 2 aliphatic heterocycles. The molecular formula is C19H35N3O2S. The molecule has 2 unspecified atom stereocenters. The maximum Gasteiger partial charge on any atom is 0.194 e. The van der Waals surface area contributed by atoms with Crippen molar-refractivity contribution in [3.8, 4) is 0 Å². The smallest absolute Gasteiger partial charge is 0.194 e. The van der Waals surface area contributed by atoms with Crippen LogP contribution in [-0.2, 0) is 9.84 Å². The first-order valence-corrected chi connectivity index (χ1v) is 12.0. The number of guanidine groups is 1. The van der Waals surface area contributed by atoms with E-state index in [1.165, 1.54) is 38.5 Å². The normalized spacial score (nSPS) is 31.0. The van der Waals surface area contributed by atoms with Crippen LogP contribution in [0.3, 0.4) is 0 Å². The van der Waals surface area contributed by atoms with Crippen molar-refractivity contribution in [1.29, 1.82) is 0 Å². The highest BCUT2D eigenvalue weighted by molar-refractivity contribution is 7.91. The molecule has 2 saturated heterocycles. The second-order valence-electron chi connectivity index (χ2n) is 8.65. The minimum Gasteiger partial charge on any atom is -0.354 e. The zero-order chi connectivity index (χ0) is 17.9. The van der Waals surface area contributed by atoms with Crippen LogP contribution in [0.1, 0.15) is 58.8 Å². The van der Waals surface area contributed by atoms with Crippen LogP contribution < -0.4 is 5.32 Å². The lowest BCUT2D eigenvalue weighted by atomic mass is 9.88. The van der Waals surface area contributed by atoms with E-state index in [4.69, 9.17) is 4.99 Å². The van der Waals surface area contributed by atoms with Gasteiger partial charge in [0, 0.05) is 25.7 Å². The van der Waals surface area contributed by atoms with E-state index in [9.17, 15) is 8.42 Å². The summed E-state index contributed by atoms with van der Waals surface area (Å²) in [6.07, 6.45) is 8.40. The predicted molar refractivity (Wildman–Crippen MR) is 104 cm³/mol. The van der Waals surface area contributed by atoms with Crippen LogP contribution in [0.2, 0.25) is 0 Å². The maximum absolute atomic E-state index is 11.7. The van der Waals surface area contributed by atoms with Crippen LogP contribution in [0.15, 0.2) is 4.99 Å². The Morgan fingerprint density at radius 3 is 2.56 bits per heavy atom. The Morgan fingerprint density at radius 2 is 1.92 bits per heavy atom. The zero-order valence-electron chi connectivity index (χ0n) is 15.9. The van der Waals surface area contributed by atoms with E-state index in [0.717, 1.165) is 31.4 Å². The van der Waals surface area contributed by atoms with Crippen molar-refractivity contribution in [1.82, 2.24) is 10.2 Å². The van der Waals surface area contributed by atoms with Crippen molar-refractivity contribution in [3.63, 3.8) is 0 Å². The van der Waals surface area contributed by atoms with E-state index >= 15 is 0 Å². The third-order valence-corrected chi connectivity index (χ3v) is 8.05. The zero-order valence-corrected chi connectivity index (χ0v) is 16.7. The average molecular weight is 370 g/mol. The molecule has 6 heteroatoms. The van der Waals surface area contributed by atoms with E-state index in [-0.39, 0.29) is 5.92 Å². The average Bonchev–Trinajstić information content (AvgIpc) is 3.20. The van der Waals surface area contributed by atoms with Gasteiger partial charge in [0.05, 0.1) is 11.5 Å². The number of aliphatic imine (C=N–C) groups is 1. The molecule has 1 N–H and O–H groups in total. The summed E-state index contributed by atoms with van der Waals surface area (Å²) in [4.78, 5) is 7.36. The van der Waals surface area contributed by atoms with Gasteiger partial charge in [-0.25, -0.2) is 8.42 Å². The van der Waals surface area contributed by atoms with Crippen molar-refractivity contribution >= 4 is 15.8 Å². The van der Waals surface area contributed by atoms with Crippen molar-refractivity contribution in [2.24, 2.45) is 22.7 Å². The third kappa shape index (κ3) is 5.35. The van der Waals surface area contributed by atoms with Gasteiger partial charge in [-0.3, -0.25) is 4.99 Å². The first-order valence-electron chi connectivity index (χ1n) is 10.2. The minimum atomic E-state index is -2.81. The molecule has 0 spiro atoms. The quantitative estimate of drug-likeness (QED) is 0.611. The van der Waals surface area contributed by atoms with Gasteiger partial charge in [0.15, 0.2) is 15.8 Å². The molecule has 0 amide bonds. The number of sulfone groups is 1. The molecule has 3 fully saturated rings. The van der Waals surface area contributed by atoms with Gasteiger partial charge in [-0.2, -0.15) is 0 Å². The Balaban J connectivity index is 1.66. The number of nitrogens with one attached hydrogen (secondary N) is 1. The predicted octanol–water partition coefficient (Wildman–Crippen LogP) is 2.68. The summed E-state index contributed by atoms with van der Waals surface area (Å²) in [6, 6.07) is 0.547. The van der Waals surface area contributed by atoms with Crippen LogP contribution in [0.25, 0.3) is 0 Å². The van der Waals surface area contributed by atoms with Gasteiger partial charge in [0.25, 0.3) is 0 Å². The Morgan fingerprint density at radius 1 is 1.16 bits per heavy atom. The van der Waals surface area contributed by atoms with Crippen LogP contribution in [0.4, 0.5) is 0 Å². The van der Waals surface area contributed by atoms with Crippen molar-refractivity contribution < 1.29 is 8.42 Å². The standard InChI is InChI=1S/C19H35N3O2S/c1-15(2)17-6-5-10-22(13-17)19(21-18-7-3-4-8-18)20-12-16-9-11-25(23,24)14-16/h15-18H,3-14H2,1-2H3,(H,20,21). The molecule has 2 atom stereocenters. The Hall–Kier alpha value is -0.780. The lowest BCUT2D eigenvalue weighted by Crippen LogP contribution is -2.50. The van der Waals surface area contributed by atoms with Crippen molar-refractivity contribution in [3.05, 3.63) is 0 Å². The summed E-state index contributed by atoms with van der Waals surface area (Å²) in [5.41, 5.74) is 0. The molecule has 0 aromatic carbocycles. The molecule has 144 valence electrons. The number of hydrogen-bond donors (Lipinski definition) is 1. The summed E-state index contributed by atoms with van der Waals surface area (Å²) in [6.45, 7) is 7.44. The van der Waals surface area contributed by atoms with E-state index in [1.807, 2.05) is 0 Å². The monoisotopic (exact) mass is 369 g/mol. The molecule has 0 radical (unpaired) electrons. The molecule has 1 aliphatic carbocycles. The number of rotatable bonds is 4. The molecule has 3 rings (SSSR count). The van der Waals surface area contributed by atoms with Gasteiger partial charge in [-0.15, -0.1) is 0 Å². The van der Waals surface area contributed by atoms with Crippen LogP contribution in [0.5, 0.6) is 0 Å². The number of nitrogens with zero attached hydrogens (tertiary/aromatic N) is 2. The minimum absolute atomic E-state index is 0.205. The van der Waals surface area contributed by atoms with Crippen LogP contribution in [0, 0.1) is 17.8 Å². The second kappa shape index (κ2) is 8.28. The van der Waals surface area contributed by atoms with E-state index in [2.05, 4.69) is 24.1 Å². The van der Waals surface area contributed by atoms with Gasteiger partial charge in [0.2, 0.25) is 0 Å². The maximum atomic E-state index is 11.7. The third-order valence-electron chi connectivity index (χ3n) is 6.21. The highest BCUT2D eigenvalue weighted by atomic mass is 32.2. The van der Waals surface area contributed by atoms with Gasteiger partial charge in [-0.1, -0.05) is 26.7 Å². The van der Waals surface area contributed by atoms with Gasteiger partial charge < -0.3 is 10.2 Å². The largest absolute Gasteiger partial charge is 0.354 e. The molecule has 1 saturated carbocycles. The second-order valence-corrected chi connectivity index (χ2v) is 10.9. The molecule has 0 aromatic rings. The van der Waals surface area contributed by atoms with E-state index < -0.39 is 9.84 Å². The van der Waals surface area contributed by atoms with Gasteiger partial charge in [-0.05, 0) is 49.9 Å². The number of piperidine rings is 1. The lowest BCUT2D eigenvalue weighted by Gasteiger charge is -2.37. The summed E-state index contributed by atoms with van der Waals surface area (Å²) < 4.78 is 23.4. The van der Waals surface area contributed by atoms with E-state index in [0.29, 0.717) is 30.0 Å². The number of hydrogen-bond acceptors (Lipinski definition) is 3. The summed E-state index contributed by atoms with van der Waals surface area (Å²) in [5, 5.41) is 3.72. The molecule has 0 aromatic heterocycles. The Kier molecular flexibility index (Phi) is 6.29. The molecule has 25 heavy (non-hydrogen) atoms. The van der Waals surface area contributed by atoms with Gasteiger partial charge >= 0.3 is 0 Å². The summed E-state index contributed by atoms with van der Waals surface area (Å²) >= 11 is 0. The van der Waals surface area contributed by atoms with Crippen LogP contribution in [-0.4, -0.2) is 56.5 Å². The van der Waals surface area contributed by atoms with Crippen molar-refractivity contribution in [2.75, 3.05) is 31.1 Å². The van der Waals surface area contributed by atoms with Crippen LogP contribution >= 0.6 is 0 Å². The Bertz CT molecular complexity index is 567. The fraction of sp³-hybridized carbons (Fsp3) is 0.947. The molecule has 5 nitrogen and oxygen atoms in total. The summed E-state index contributed by atoms with van der Waals surface area (Å²) in [7, 11) is -2.81. The topological polar surface area (TPSA) is 61.8 Å². The Labute approximate surface area is 153 Å².